The van der Waals surface area contributed by atoms with Gasteiger partial charge in [0.05, 0.1) is 0 Å². The fourth-order valence-corrected chi connectivity index (χ4v) is 4.38. The average Bonchev–Trinajstić information content (AvgIpc) is 2.56. The number of hydrogen-bond acceptors (Lipinski definition) is 0. The molecule has 1 fully saturated rings. The Morgan fingerprint density at radius 2 is 1.57 bits per heavy atom. The van der Waals surface area contributed by atoms with Crippen molar-refractivity contribution in [2.75, 3.05) is 0 Å². The summed E-state index contributed by atoms with van der Waals surface area (Å²) in [5.41, 5.74) is 4.75. The highest BCUT2D eigenvalue weighted by atomic mass is 14.3. The molecular weight excluding hydrogens is 276 g/mol. The van der Waals surface area contributed by atoms with E-state index >= 15 is 0 Å². The van der Waals surface area contributed by atoms with Crippen molar-refractivity contribution >= 4 is 0 Å². The summed E-state index contributed by atoms with van der Waals surface area (Å²) in [5, 5.41) is 0. The summed E-state index contributed by atoms with van der Waals surface area (Å²) < 4.78 is 0. The first kappa shape index (κ1) is 18.6. The van der Waals surface area contributed by atoms with Crippen molar-refractivity contribution in [2.45, 2.75) is 104 Å². The molecule has 1 aromatic carbocycles. The largest absolute Gasteiger partial charge is 0.0654 e. The van der Waals surface area contributed by atoms with Gasteiger partial charge in [-0.2, -0.15) is 0 Å². The maximum Gasteiger partial charge on any atom is -0.0159 e. The molecule has 0 nitrogen and oxygen atoms in total. The van der Waals surface area contributed by atoms with Crippen LogP contribution in [0.1, 0.15) is 107 Å². The Morgan fingerprint density at radius 3 is 2.22 bits per heavy atom. The van der Waals surface area contributed by atoms with Crippen LogP contribution >= 0.6 is 0 Å². The van der Waals surface area contributed by atoms with Gasteiger partial charge in [-0.1, -0.05) is 70.6 Å². The van der Waals surface area contributed by atoms with E-state index in [1.807, 2.05) is 0 Å². The number of rotatable bonds is 9. The molecule has 1 aliphatic rings. The molecule has 0 aromatic heterocycles. The van der Waals surface area contributed by atoms with Gasteiger partial charge in [0.25, 0.3) is 0 Å². The van der Waals surface area contributed by atoms with Gasteiger partial charge in [-0.15, -0.1) is 0 Å². The number of hydrogen-bond donors (Lipinski definition) is 0. The Balaban J connectivity index is 1.83. The first-order valence-electron chi connectivity index (χ1n) is 10.3. The smallest absolute Gasteiger partial charge is 0.0159 e. The molecule has 130 valence electrons. The zero-order chi connectivity index (χ0) is 16.5. The molecule has 0 bridgehead atoms. The van der Waals surface area contributed by atoms with E-state index in [1.54, 1.807) is 16.7 Å². The van der Waals surface area contributed by atoms with Crippen LogP contribution in [0.2, 0.25) is 0 Å². The fourth-order valence-electron chi connectivity index (χ4n) is 4.38. The van der Waals surface area contributed by atoms with Crippen LogP contribution < -0.4 is 0 Å². The Bertz CT molecular complexity index is 437. The standard InChI is InChI=1S/C23H38/c1-4-6-8-10-20-12-15-22(16-13-20)23-17-14-21(18-19(23)3)11-9-7-5-2/h14,17-18,20,22H,4-13,15-16H2,1-3H3. The molecule has 0 saturated heterocycles. The van der Waals surface area contributed by atoms with Crippen LogP contribution in [0.4, 0.5) is 0 Å². The van der Waals surface area contributed by atoms with Gasteiger partial charge in [0, 0.05) is 0 Å². The summed E-state index contributed by atoms with van der Waals surface area (Å²) in [6.07, 6.45) is 16.8. The number of unbranched alkanes of at least 4 members (excludes halogenated alkanes) is 4. The van der Waals surface area contributed by atoms with Crippen molar-refractivity contribution in [2.24, 2.45) is 5.92 Å². The van der Waals surface area contributed by atoms with Gasteiger partial charge >= 0.3 is 0 Å². The predicted molar refractivity (Wildman–Crippen MR) is 103 cm³/mol. The van der Waals surface area contributed by atoms with Crippen LogP contribution in [-0.2, 0) is 6.42 Å². The lowest BCUT2D eigenvalue weighted by Crippen LogP contribution is -2.14. The minimum Gasteiger partial charge on any atom is -0.0654 e. The van der Waals surface area contributed by atoms with Gasteiger partial charge < -0.3 is 0 Å². The van der Waals surface area contributed by atoms with Crippen LogP contribution in [0.15, 0.2) is 18.2 Å². The van der Waals surface area contributed by atoms with E-state index in [-0.39, 0.29) is 0 Å². The number of aryl methyl sites for hydroxylation is 2. The van der Waals surface area contributed by atoms with Gasteiger partial charge in [0.15, 0.2) is 0 Å². The Hall–Kier alpha value is -0.780. The van der Waals surface area contributed by atoms with Gasteiger partial charge in [-0.25, -0.2) is 0 Å². The van der Waals surface area contributed by atoms with Crippen molar-refractivity contribution in [1.29, 1.82) is 0 Å². The third-order valence-electron chi connectivity index (χ3n) is 5.91. The lowest BCUT2D eigenvalue weighted by atomic mass is 9.76. The van der Waals surface area contributed by atoms with E-state index in [9.17, 15) is 0 Å². The van der Waals surface area contributed by atoms with Gasteiger partial charge in [-0.3, -0.25) is 0 Å². The fraction of sp³-hybridized carbons (Fsp3) is 0.739. The number of benzene rings is 1. The van der Waals surface area contributed by atoms with E-state index in [0.29, 0.717) is 0 Å². The quantitative estimate of drug-likeness (QED) is 0.412. The molecule has 23 heavy (non-hydrogen) atoms. The van der Waals surface area contributed by atoms with Crippen molar-refractivity contribution < 1.29 is 0 Å². The van der Waals surface area contributed by atoms with Gasteiger partial charge in [0.2, 0.25) is 0 Å². The molecule has 1 saturated carbocycles. The van der Waals surface area contributed by atoms with Crippen molar-refractivity contribution in [1.82, 2.24) is 0 Å². The monoisotopic (exact) mass is 314 g/mol. The summed E-state index contributed by atoms with van der Waals surface area (Å²) in [4.78, 5) is 0. The van der Waals surface area contributed by atoms with Gasteiger partial charge in [0.1, 0.15) is 0 Å². The summed E-state index contributed by atoms with van der Waals surface area (Å²) in [5.74, 6) is 1.86. The van der Waals surface area contributed by atoms with E-state index in [1.165, 1.54) is 77.0 Å². The molecule has 1 aliphatic carbocycles. The maximum atomic E-state index is 2.47. The summed E-state index contributed by atoms with van der Waals surface area (Å²) in [6.45, 7) is 6.94. The third-order valence-corrected chi connectivity index (χ3v) is 5.91. The van der Waals surface area contributed by atoms with E-state index in [0.717, 1.165) is 11.8 Å². The van der Waals surface area contributed by atoms with Crippen LogP contribution in [-0.4, -0.2) is 0 Å². The van der Waals surface area contributed by atoms with Crippen LogP contribution in [0.5, 0.6) is 0 Å². The lowest BCUT2D eigenvalue weighted by Gasteiger charge is -2.30. The van der Waals surface area contributed by atoms with Crippen LogP contribution in [0.25, 0.3) is 0 Å². The molecular formula is C23H38. The summed E-state index contributed by atoms with van der Waals surface area (Å²) in [6, 6.07) is 7.34. The summed E-state index contributed by atoms with van der Waals surface area (Å²) in [7, 11) is 0. The Labute approximate surface area is 145 Å². The molecule has 0 spiro atoms. The first-order valence-corrected chi connectivity index (χ1v) is 10.3. The minimum absolute atomic E-state index is 0.835. The maximum absolute atomic E-state index is 2.47. The Kier molecular flexibility index (Phi) is 8.20. The van der Waals surface area contributed by atoms with E-state index in [4.69, 9.17) is 0 Å². The molecule has 0 atom stereocenters. The zero-order valence-electron chi connectivity index (χ0n) is 15.9. The van der Waals surface area contributed by atoms with Crippen molar-refractivity contribution in [3.63, 3.8) is 0 Å². The summed E-state index contributed by atoms with van der Waals surface area (Å²) >= 11 is 0. The normalized spacial score (nSPS) is 21.5. The molecule has 0 heteroatoms. The highest BCUT2D eigenvalue weighted by Gasteiger charge is 2.23. The van der Waals surface area contributed by atoms with E-state index in [2.05, 4.69) is 39.0 Å². The van der Waals surface area contributed by atoms with E-state index < -0.39 is 0 Å². The molecule has 0 amide bonds. The second-order valence-corrected chi connectivity index (χ2v) is 7.86. The Morgan fingerprint density at radius 1 is 0.870 bits per heavy atom. The predicted octanol–water partition coefficient (Wildman–Crippen LogP) is 7.58. The molecule has 2 rings (SSSR count). The van der Waals surface area contributed by atoms with Crippen LogP contribution in [0.3, 0.4) is 0 Å². The highest BCUT2D eigenvalue weighted by molar-refractivity contribution is 5.34. The van der Waals surface area contributed by atoms with Crippen molar-refractivity contribution in [3.05, 3.63) is 34.9 Å². The third kappa shape index (κ3) is 5.98. The molecule has 0 heterocycles. The highest BCUT2D eigenvalue weighted by Crippen LogP contribution is 2.39. The first-order chi connectivity index (χ1) is 11.2. The van der Waals surface area contributed by atoms with Gasteiger partial charge in [-0.05, 0) is 74.0 Å². The minimum atomic E-state index is 0.835. The molecule has 1 aromatic rings. The molecule has 0 N–H and O–H groups in total. The molecule has 0 unspecified atom stereocenters. The lowest BCUT2D eigenvalue weighted by molar-refractivity contribution is 0.302. The second kappa shape index (κ2) is 10.2. The second-order valence-electron chi connectivity index (χ2n) is 7.86. The SMILES string of the molecule is CCCCCc1ccc(C2CCC(CCCCC)CC2)c(C)c1. The van der Waals surface area contributed by atoms with Crippen molar-refractivity contribution in [3.8, 4) is 0 Å². The molecule has 0 radical (unpaired) electrons. The molecule has 0 aliphatic heterocycles. The average molecular weight is 315 g/mol. The topological polar surface area (TPSA) is 0 Å². The zero-order valence-corrected chi connectivity index (χ0v) is 15.9. The van der Waals surface area contributed by atoms with Crippen LogP contribution in [0, 0.1) is 12.8 Å².